The molecule has 1 saturated heterocycles. The number of thioether (sulfide) groups is 2. The second kappa shape index (κ2) is 6.91. The van der Waals surface area contributed by atoms with Crippen molar-refractivity contribution < 1.29 is 13.6 Å². The van der Waals surface area contributed by atoms with E-state index < -0.39 is 7.60 Å². The Hall–Kier alpha value is 1.32. The standard InChI is InChI=1S/C8H14IO3PS2/c1-3-11-13(10,12-4-2)7(9)8-14-5-6-15-8/h3-6H2,1-2H3. The van der Waals surface area contributed by atoms with Crippen molar-refractivity contribution in [2.24, 2.45) is 0 Å². The molecule has 0 unspecified atom stereocenters. The van der Waals surface area contributed by atoms with E-state index in [9.17, 15) is 4.57 Å². The van der Waals surface area contributed by atoms with Crippen LogP contribution in [-0.2, 0) is 13.6 Å². The minimum absolute atomic E-state index is 0.409. The summed E-state index contributed by atoms with van der Waals surface area (Å²) in [6.07, 6.45) is 0. The highest BCUT2D eigenvalue weighted by Crippen LogP contribution is 2.63. The molecular formula is C8H14IO3PS2. The van der Waals surface area contributed by atoms with E-state index in [-0.39, 0.29) is 0 Å². The summed E-state index contributed by atoms with van der Waals surface area (Å²) in [5, 5.41) is 0. The van der Waals surface area contributed by atoms with E-state index in [0.717, 1.165) is 19.1 Å². The second-order valence-corrected chi connectivity index (χ2v) is 8.97. The Kier molecular flexibility index (Phi) is 6.63. The van der Waals surface area contributed by atoms with Gasteiger partial charge in [0.1, 0.15) is 3.32 Å². The Morgan fingerprint density at radius 1 is 1.33 bits per heavy atom. The topological polar surface area (TPSA) is 35.5 Å². The van der Waals surface area contributed by atoms with E-state index in [4.69, 9.17) is 9.05 Å². The summed E-state index contributed by atoms with van der Waals surface area (Å²) in [6.45, 7) is 4.48. The third-order valence-corrected chi connectivity index (χ3v) is 9.52. The third kappa shape index (κ3) is 3.92. The predicted molar refractivity (Wildman–Crippen MR) is 76.8 cm³/mol. The van der Waals surface area contributed by atoms with Gasteiger partial charge in [-0.05, 0) is 36.4 Å². The molecular weight excluding hydrogens is 366 g/mol. The lowest BCUT2D eigenvalue weighted by atomic mass is 10.9. The van der Waals surface area contributed by atoms with E-state index in [1.807, 2.05) is 13.8 Å². The van der Waals surface area contributed by atoms with Crippen molar-refractivity contribution in [3.8, 4) is 0 Å². The molecule has 1 aliphatic heterocycles. The summed E-state index contributed by atoms with van der Waals surface area (Å²) in [5.41, 5.74) is 0. The molecule has 7 heteroatoms. The van der Waals surface area contributed by atoms with E-state index >= 15 is 0 Å². The lowest BCUT2D eigenvalue weighted by Gasteiger charge is -2.17. The van der Waals surface area contributed by atoms with Crippen molar-refractivity contribution in [1.29, 1.82) is 0 Å². The quantitative estimate of drug-likeness (QED) is 0.525. The smallest absolute Gasteiger partial charge is 0.305 e. The fourth-order valence-electron chi connectivity index (χ4n) is 1.03. The highest BCUT2D eigenvalue weighted by Gasteiger charge is 2.32. The van der Waals surface area contributed by atoms with Gasteiger partial charge in [0.15, 0.2) is 0 Å². The van der Waals surface area contributed by atoms with Crippen LogP contribution in [0.25, 0.3) is 0 Å². The maximum atomic E-state index is 12.4. The highest BCUT2D eigenvalue weighted by atomic mass is 127. The van der Waals surface area contributed by atoms with Gasteiger partial charge in [0.25, 0.3) is 0 Å². The molecule has 0 aromatic carbocycles. The van der Waals surface area contributed by atoms with Gasteiger partial charge < -0.3 is 9.05 Å². The van der Waals surface area contributed by atoms with E-state index in [1.165, 1.54) is 0 Å². The van der Waals surface area contributed by atoms with Crippen molar-refractivity contribution in [3.63, 3.8) is 0 Å². The molecule has 0 aromatic heterocycles. The normalized spacial score (nSPS) is 17.1. The predicted octanol–water partition coefficient (Wildman–Crippen LogP) is 4.29. The minimum atomic E-state index is -3.03. The number of rotatable bonds is 5. The van der Waals surface area contributed by atoms with Crippen LogP contribution in [0.5, 0.6) is 0 Å². The zero-order valence-corrected chi connectivity index (χ0v) is 13.4. The molecule has 1 fully saturated rings. The first kappa shape index (κ1) is 14.4. The van der Waals surface area contributed by atoms with Crippen LogP contribution in [0.2, 0.25) is 0 Å². The van der Waals surface area contributed by atoms with Crippen molar-refractivity contribution in [3.05, 3.63) is 7.56 Å². The number of hydrogen-bond acceptors (Lipinski definition) is 5. The first-order chi connectivity index (χ1) is 7.14. The van der Waals surface area contributed by atoms with Crippen LogP contribution < -0.4 is 0 Å². The van der Waals surface area contributed by atoms with Gasteiger partial charge in [0.2, 0.25) is 0 Å². The first-order valence-electron chi connectivity index (χ1n) is 4.69. The Balaban J connectivity index is 2.87. The van der Waals surface area contributed by atoms with Gasteiger partial charge in [0.05, 0.1) is 17.5 Å². The fraction of sp³-hybridized carbons (Fsp3) is 0.750. The summed E-state index contributed by atoms with van der Waals surface area (Å²) in [5.74, 6) is 2.15. The molecule has 0 atom stereocenters. The van der Waals surface area contributed by atoms with E-state index in [0.29, 0.717) is 13.2 Å². The van der Waals surface area contributed by atoms with Gasteiger partial charge in [-0.15, -0.1) is 23.5 Å². The molecule has 15 heavy (non-hydrogen) atoms. The molecule has 0 aromatic rings. The van der Waals surface area contributed by atoms with Gasteiger partial charge in [-0.1, -0.05) is 0 Å². The average molecular weight is 380 g/mol. The van der Waals surface area contributed by atoms with Gasteiger partial charge in [-0.3, -0.25) is 4.57 Å². The lowest BCUT2D eigenvalue weighted by molar-refractivity contribution is 0.228. The molecule has 1 aliphatic rings. The summed E-state index contributed by atoms with van der Waals surface area (Å²) in [4.78, 5) is 0. The minimum Gasteiger partial charge on any atom is -0.305 e. The van der Waals surface area contributed by atoms with Crippen molar-refractivity contribution >= 4 is 53.7 Å². The molecule has 0 aliphatic carbocycles. The van der Waals surface area contributed by atoms with Crippen LogP contribution in [0.1, 0.15) is 13.8 Å². The van der Waals surface area contributed by atoms with Crippen molar-refractivity contribution in [2.75, 3.05) is 24.7 Å². The molecule has 0 N–H and O–H groups in total. The highest BCUT2D eigenvalue weighted by molar-refractivity contribution is 14.1. The molecule has 1 heterocycles. The maximum Gasteiger partial charge on any atom is 0.369 e. The van der Waals surface area contributed by atoms with Crippen LogP contribution >= 0.6 is 53.7 Å². The maximum absolute atomic E-state index is 12.4. The Morgan fingerprint density at radius 2 is 1.80 bits per heavy atom. The van der Waals surface area contributed by atoms with E-state index in [2.05, 4.69) is 22.6 Å². The summed E-state index contributed by atoms with van der Waals surface area (Å²) >= 11 is 5.56. The van der Waals surface area contributed by atoms with Crippen molar-refractivity contribution in [1.82, 2.24) is 0 Å². The molecule has 88 valence electrons. The molecule has 0 radical (unpaired) electrons. The fourth-order valence-corrected chi connectivity index (χ4v) is 7.17. The summed E-state index contributed by atoms with van der Waals surface area (Å²) in [6, 6.07) is 0. The first-order valence-corrected chi connectivity index (χ1v) is 9.28. The van der Waals surface area contributed by atoms with Crippen LogP contribution in [0.3, 0.4) is 0 Å². The van der Waals surface area contributed by atoms with Gasteiger partial charge in [-0.2, -0.15) is 0 Å². The molecule has 0 saturated carbocycles. The van der Waals surface area contributed by atoms with Gasteiger partial charge in [0, 0.05) is 11.5 Å². The third-order valence-electron chi connectivity index (χ3n) is 1.56. The Morgan fingerprint density at radius 3 is 2.20 bits per heavy atom. The van der Waals surface area contributed by atoms with Crippen LogP contribution in [-0.4, -0.2) is 24.7 Å². The lowest BCUT2D eigenvalue weighted by Crippen LogP contribution is -1.96. The largest absolute Gasteiger partial charge is 0.369 e. The zero-order chi connectivity index (χ0) is 11.3. The molecule has 3 nitrogen and oxygen atoms in total. The average Bonchev–Trinajstić information content (AvgIpc) is 2.70. The molecule has 0 bridgehead atoms. The SMILES string of the molecule is CCOP(=O)(OCC)C(I)=C1SCCS1. The second-order valence-electron chi connectivity index (χ2n) is 2.61. The Bertz CT molecular complexity index is 278. The van der Waals surface area contributed by atoms with Crippen LogP contribution in [0, 0.1) is 0 Å². The van der Waals surface area contributed by atoms with Gasteiger partial charge >= 0.3 is 7.60 Å². The number of hydrogen-bond donors (Lipinski definition) is 0. The van der Waals surface area contributed by atoms with E-state index in [1.54, 1.807) is 23.5 Å². The van der Waals surface area contributed by atoms with Crippen LogP contribution in [0.15, 0.2) is 7.56 Å². The zero-order valence-electron chi connectivity index (χ0n) is 8.69. The number of halogens is 1. The molecule has 0 amide bonds. The Labute approximate surface area is 113 Å². The molecule has 0 spiro atoms. The monoisotopic (exact) mass is 380 g/mol. The van der Waals surface area contributed by atoms with Gasteiger partial charge in [-0.25, -0.2) is 0 Å². The van der Waals surface area contributed by atoms with Crippen molar-refractivity contribution in [2.45, 2.75) is 13.8 Å². The summed E-state index contributed by atoms with van der Waals surface area (Å²) < 4.78 is 24.8. The molecule has 1 rings (SSSR count). The van der Waals surface area contributed by atoms with Crippen LogP contribution in [0.4, 0.5) is 0 Å². The summed E-state index contributed by atoms with van der Waals surface area (Å²) in [7, 11) is -3.03.